The highest BCUT2D eigenvalue weighted by Crippen LogP contribution is 2.26. The molecule has 2 aromatic carbocycles. The number of halogens is 1. The van der Waals surface area contributed by atoms with Crippen LogP contribution in [0.4, 0.5) is 5.69 Å². The lowest BCUT2D eigenvalue weighted by molar-refractivity contribution is 0.266. The van der Waals surface area contributed by atoms with Crippen molar-refractivity contribution in [3.8, 4) is 11.5 Å². The topological polar surface area (TPSA) is 44.5 Å². The molecule has 0 aromatic heterocycles. The van der Waals surface area contributed by atoms with E-state index in [1.54, 1.807) is 0 Å². The van der Waals surface area contributed by atoms with Crippen LogP contribution in [0.5, 0.6) is 11.5 Å². The fourth-order valence-electron chi connectivity index (χ4n) is 2.18. The summed E-state index contributed by atoms with van der Waals surface area (Å²) in [5.41, 5.74) is 8.50. The summed E-state index contributed by atoms with van der Waals surface area (Å²) in [5, 5.41) is 0.808. The van der Waals surface area contributed by atoms with Gasteiger partial charge in [-0.2, -0.15) is 0 Å². The van der Waals surface area contributed by atoms with Gasteiger partial charge in [0, 0.05) is 16.8 Å². The molecular formula is C18H22ClNO2. The number of unbranched alkanes of at least 4 members (excludes halogenated alkanes) is 1. The van der Waals surface area contributed by atoms with E-state index in [1.165, 1.54) is 0 Å². The van der Waals surface area contributed by atoms with Crippen molar-refractivity contribution < 1.29 is 9.47 Å². The monoisotopic (exact) mass is 319 g/mol. The predicted octanol–water partition coefficient (Wildman–Crippen LogP) is 4.78. The van der Waals surface area contributed by atoms with Crippen molar-refractivity contribution in [2.75, 3.05) is 18.9 Å². The first-order chi connectivity index (χ1) is 10.6. The van der Waals surface area contributed by atoms with Crippen LogP contribution in [0.15, 0.2) is 36.4 Å². The molecule has 2 N–H and O–H groups in total. The van der Waals surface area contributed by atoms with Gasteiger partial charge in [-0.25, -0.2) is 0 Å². The summed E-state index contributed by atoms with van der Waals surface area (Å²) < 4.78 is 11.4. The number of ether oxygens (including phenoxy) is 2. The molecule has 0 radical (unpaired) electrons. The largest absolute Gasteiger partial charge is 0.494 e. The lowest BCUT2D eigenvalue weighted by atomic mass is 10.1. The second kappa shape index (κ2) is 7.95. The molecule has 0 saturated carbocycles. The summed E-state index contributed by atoms with van der Waals surface area (Å²) in [6, 6.07) is 11.4. The third kappa shape index (κ3) is 4.85. The number of hydrogen-bond donors (Lipinski definition) is 1. The van der Waals surface area contributed by atoms with Crippen LogP contribution in [-0.4, -0.2) is 13.2 Å². The molecule has 0 bridgehead atoms. The Labute approximate surface area is 137 Å². The molecule has 0 aliphatic heterocycles. The van der Waals surface area contributed by atoms with Crippen molar-refractivity contribution in [2.45, 2.75) is 26.7 Å². The predicted molar refractivity (Wildman–Crippen MR) is 92.0 cm³/mol. The van der Waals surface area contributed by atoms with Crippen molar-refractivity contribution in [1.82, 2.24) is 0 Å². The van der Waals surface area contributed by atoms with Crippen molar-refractivity contribution in [3.63, 3.8) is 0 Å². The van der Waals surface area contributed by atoms with E-state index in [-0.39, 0.29) is 0 Å². The summed E-state index contributed by atoms with van der Waals surface area (Å²) in [5.74, 6) is 1.68. The molecule has 0 spiro atoms. The van der Waals surface area contributed by atoms with Gasteiger partial charge in [-0.1, -0.05) is 17.7 Å². The van der Waals surface area contributed by atoms with E-state index in [9.17, 15) is 0 Å². The van der Waals surface area contributed by atoms with E-state index in [0.717, 1.165) is 40.5 Å². The number of aryl methyl sites for hydroxylation is 2. The maximum absolute atomic E-state index is 6.14. The molecule has 0 saturated heterocycles. The number of nitrogen functional groups attached to an aromatic ring is 1. The zero-order valence-electron chi connectivity index (χ0n) is 13.1. The van der Waals surface area contributed by atoms with Crippen LogP contribution in [0, 0.1) is 13.8 Å². The van der Waals surface area contributed by atoms with Gasteiger partial charge in [0.25, 0.3) is 0 Å². The fraction of sp³-hybridized carbons (Fsp3) is 0.333. The molecule has 22 heavy (non-hydrogen) atoms. The van der Waals surface area contributed by atoms with Crippen molar-refractivity contribution in [3.05, 3.63) is 52.5 Å². The van der Waals surface area contributed by atoms with Crippen molar-refractivity contribution in [1.29, 1.82) is 0 Å². The van der Waals surface area contributed by atoms with Crippen LogP contribution in [0.1, 0.15) is 24.0 Å². The molecule has 0 aliphatic carbocycles. The minimum absolute atomic E-state index is 0.658. The third-order valence-electron chi connectivity index (χ3n) is 3.34. The van der Waals surface area contributed by atoms with Gasteiger partial charge in [0.1, 0.15) is 11.5 Å². The third-order valence-corrected chi connectivity index (χ3v) is 3.94. The Hall–Kier alpha value is -1.87. The number of nitrogens with two attached hydrogens (primary N) is 1. The second-order valence-corrected chi connectivity index (χ2v) is 5.73. The van der Waals surface area contributed by atoms with Gasteiger partial charge in [-0.3, -0.25) is 0 Å². The molecule has 0 atom stereocenters. The minimum Gasteiger partial charge on any atom is -0.494 e. The first kappa shape index (κ1) is 16.5. The normalized spacial score (nSPS) is 10.5. The van der Waals surface area contributed by atoms with Gasteiger partial charge in [-0.15, -0.1) is 0 Å². The Bertz CT molecular complexity index is 605. The molecule has 0 unspecified atom stereocenters. The molecule has 2 rings (SSSR count). The Morgan fingerprint density at radius 3 is 2.09 bits per heavy atom. The molecule has 0 aliphatic rings. The summed E-state index contributed by atoms with van der Waals surface area (Å²) in [6.45, 7) is 5.30. The summed E-state index contributed by atoms with van der Waals surface area (Å²) in [4.78, 5) is 0. The highest BCUT2D eigenvalue weighted by molar-refractivity contribution is 6.32. The molecule has 2 aromatic rings. The van der Waals surface area contributed by atoms with Crippen LogP contribution in [0.3, 0.4) is 0 Å². The maximum Gasteiger partial charge on any atom is 0.121 e. The fourth-order valence-corrected chi connectivity index (χ4v) is 2.29. The number of rotatable bonds is 7. The molecular weight excluding hydrogens is 298 g/mol. The smallest absolute Gasteiger partial charge is 0.121 e. The van der Waals surface area contributed by atoms with Crippen LogP contribution in [-0.2, 0) is 0 Å². The van der Waals surface area contributed by atoms with Crippen LogP contribution < -0.4 is 15.2 Å². The Kier molecular flexibility index (Phi) is 5.96. The van der Waals surface area contributed by atoms with Gasteiger partial charge < -0.3 is 15.2 Å². The summed E-state index contributed by atoms with van der Waals surface area (Å²) in [6.07, 6.45) is 1.86. The molecule has 4 heteroatoms. The highest BCUT2D eigenvalue weighted by atomic mass is 35.5. The van der Waals surface area contributed by atoms with Crippen LogP contribution >= 0.6 is 11.6 Å². The zero-order valence-corrected chi connectivity index (χ0v) is 13.8. The van der Waals surface area contributed by atoms with Crippen molar-refractivity contribution in [2.24, 2.45) is 0 Å². The lowest BCUT2D eigenvalue weighted by Gasteiger charge is -2.10. The van der Waals surface area contributed by atoms with Gasteiger partial charge in [0.05, 0.1) is 13.2 Å². The van der Waals surface area contributed by atoms with Gasteiger partial charge in [0.2, 0.25) is 0 Å². The Morgan fingerprint density at radius 1 is 0.909 bits per heavy atom. The lowest BCUT2D eigenvalue weighted by Crippen LogP contribution is -2.03. The number of anilines is 1. The summed E-state index contributed by atoms with van der Waals surface area (Å²) >= 11 is 6.14. The quantitative estimate of drug-likeness (QED) is 0.590. The highest BCUT2D eigenvalue weighted by Gasteiger charge is 2.03. The Balaban J connectivity index is 1.67. The van der Waals surface area contributed by atoms with Crippen LogP contribution in [0.2, 0.25) is 5.02 Å². The Morgan fingerprint density at radius 2 is 1.50 bits per heavy atom. The van der Waals surface area contributed by atoms with Gasteiger partial charge in [0.15, 0.2) is 0 Å². The number of hydrogen-bond acceptors (Lipinski definition) is 3. The first-order valence-corrected chi connectivity index (χ1v) is 7.82. The van der Waals surface area contributed by atoms with Crippen molar-refractivity contribution >= 4 is 17.3 Å². The molecule has 0 heterocycles. The molecule has 0 fully saturated rings. The zero-order chi connectivity index (χ0) is 15.9. The minimum atomic E-state index is 0.658. The van der Waals surface area contributed by atoms with Gasteiger partial charge in [-0.05, 0) is 62.1 Å². The summed E-state index contributed by atoms with van der Waals surface area (Å²) in [7, 11) is 0. The number of benzene rings is 2. The first-order valence-electron chi connectivity index (χ1n) is 7.44. The van der Waals surface area contributed by atoms with E-state index < -0.39 is 0 Å². The van der Waals surface area contributed by atoms with Gasteiger partial charge >= 0.3 is 0 Å². The van der Waals surface area contributed by atoms with E-state index >= 15 is 0 Å². The maximum atomic E-state index is 6.14. The van der Waals surface area contributed by atoms with E-state index in [2.05, 4.69) is 0 Å². The molecule has 0 amide bonds. The SMILES string of the molecule is Cc1cc(OCCCCOc2cccc(N)c2)cc(C)c1Cl. The second-order valence-electron chi connectivity index (χ2n) is 5.35. The standard InChI is InChI=1S/C18H22ClNO2/c1-13-10-17(11-14(2)18(13)19)22-9-4-3-8-21-16-7-5-6-15(20)12-16/h5-7,10-12H,3-4,8-9,20H2,1-2H3. The molecule has 118 valence electrons. The molecule has 3 nitrogen and oxygen atoms in total. The average Bonchev–Trinajstić information content (AvgIpc) is 2.48. The van der Waals surface area contributed by atoms with E-state index in [0.29, 0.717) is 18.9 Å². The van der Waals surface area contributed by atoms with E-state index in [4.69, 9.17) is 26.8 Å². The van der Waals surface area contributed by atoms with E-state index in [1.807, 2.05) is 50.2 Å². The average molecular weight is 320 g/mol. The van der Waals surface area contributed by atoms with Crippen LogP contribution in [0.25, 0.3) is 0 Å².